The van der Waals surface area contributed by atoms with Gasteiger partial charge in [0.15, 0.2) is 0 Å². The summed E-state index contributed by atoms with van der Waals surface area (Å²) in [5.74, 6) is -0.775. The van der Waals surface area contributed by atoms with Crippen LogP contribution in [-0.2, 0) is 30.5 Å². The van der Waals surface area contributed by atoms with Crippen LogP contribution >= 0.6 is 0 Å². The molecule has 11 heteroatoms. The highest BCUT2D eigenvalue weighted by Crippen LogP contribution is 2.32. The number of hydrogen-bond donors (Lipinski definition) is 1. The highest BCUT2D eigenvalue weighted by molar-refractivity contribution is 7.89. The Morgan fingerprint density at radius 2 is 1.84 bits per heavy atom. The summed E-state index contributed by atoms with van der Waals surface area (Å²) in [6.45, 7) is 0.592. The van der Waals surface area contributed by atoms with Gasteiger partial charge in [-0.15, -0.1) is 0 Å². The van der Waals surface area contributed by atoms with Crippen LogP contribution < -0.4 is 5.32 Å². The monoisotopic (exact) mass is 464 g/mol. The van der Waals surface area contributed by atoms with Crippen LogP contribution in [0.4, 0.5) is 13.2 Å². The third-order valence-electron chi connectivity index (χ3n) is 5.21. The van der Waals surface area contributed by atoms with E-state index < -0.39 is 26.7 Å². The number of hydrogen-bond acceptors (Lipinski definition) is 5. The minimum Gasteiger partial charge on any atom is -0.469 e. The molecule has 0 saturated carbocycles. The summed E-state index contributed by atoms with van der Waals surface area (Å²) >= 11 is 0. The van der Waals surface area contributed by atoms with E-state index in [1.807, 2.05) is 0 Å². The first-order valence-corrected chi connectivity index (χ1v) is 11.5. The van der Waals surface area contributed by atoms with E-state index in [9.17, 15) is 31.2 Å². The molecule has 1 aromatic carbocycles. The molecule has 1 fully saturated rings. The molecule has 0 spiro atoms. The first-order chi connectivity index (χ1) is 14.6. The van der Waals surface area contributed by atoms with E-state index in [-0.39, 0.29) is 30.9 Å². The quantitative estimate of drug-likeness (QED) is 0.448. The van der Waals surface area contributed by atoms with Gasteiger partial charge in [-0.05, 0) is 43.9 Å². The fourth-order valence-electron chi connectivity index (χ4n) is 3.37. The number of amides is 1. The fraction of sp³-hybridized carbons (Fsp3) is 0.600. The Bertz CT molecular complexity index is 866. The van der Waals surface area contributed by atoms with E-state index in [2.05, 4.69) is 10.1 Å². The van der Waals surface area contributed by atoms with E-state index in [0.717, 1.165) is 28.9 Å². The molecule has 0 radical (unpaired) electrons. The summed E-state index contributed by atoms with van der Waals surface area (Å²) in [6, 6.07) is 3.67. The molecule has 1 aromatic rings. The lowest BCUT2D eigenvalue weighted by molar-refractivity contribution is -0.141. The summed E-state index contributed by atoms with van der Waals surface area (Å²) in [7, 11) is -2.73. The molecule has 1 aliphatic heterocycles. The molecule has 174 valence electrons. The summed E-state index contributed by atoms with van der Waals surface area (Å²) in [5.41, 5.74) is -1.02. The lowest BCUT2D eigenvalue weighted by atomic mass is 9.97. The van der Waals surface area contributed by atoms with E-state index in [1.165, 1.54) is 7.11 Å². The largest absolute Gasteiger partial charge is 0.469 e. The molecule has 0 aromatic heterocycles. The average Bonchev–Trinajstić information content (AvgIpc) is 2.75. The third-order valence-corrected chi connectivity index (χ3v) is 7.10. The molecule has 1 N–H and O–H groups in total. The van der Waals surface area contributed by atoms with Crippen LogP contribution in [0.3, 0.4) is 0 Å². The van der Waals surface area contributed by atoms with Crippen molar-refractivity contribution >= 4 is 21.9 Å². The Hall–Kier alpha value is -2.14. The molecular weight excluding hydrogens is 437 g/mol. The first-order valence-electron chi connectivity index (χ1n) is 10.1. The number of ether oxygens (including phenoxy) is 1. The maximum atomic E-state index is 12.9. The lowest BCUT2D eigenvalue weighted by Gasteiger charge is -2.30. The van der Waals surface area contributed by atoms with Gasteiger partial charge in [-0.25, -0.2) is 8.42 Å². The van der Waals surface area contributed by atoms with Crippen LogP contribution in [0.15, 0.2) is 29.2 Å². The maximum Gasteiger partial charge on any atom is 0.416 e. The SMILES string of the molecule is COC(=O)CCCCCNC(=O)C1CCN(S(=O)(=O)c2cccc(C(F)(F)F)c2)CC1. The molecule has 2 rings (SSSR count). The molecule has 7 nitrogen and oxygen atoms in total. The van der Waals surface area contributed by atoms with Crippen molar-refractivity contribution in [2.75, 3.05) is 26.7 Å². The number of benzene rings is 1. The van der Waals surface area contributed by atoms with Crippen molar-refractivity contribution in [2.24, 2.45) is 5.92 Å². The zero-order valence-electron chi connectivity index (χ0n) is 17.3. The van der Waals surface area contributed by atoms with Gasteiger partial charge in [-0.1, -0.05) is 12.5 Å². The van der Waals surface area contributed by atoms with Crippen molar-refractivity contribution in [3.05, 3.63) is 29.8 Å². The van der Waals surface area contributed by atoms with Crippen molar-refractivity contribution in [2.45, 2.75) is 49.6 Å². The number of methoxy groups -OCH3 is 1. The number of esters is 1. The Morgan fingerprint density at radius 3 is 2.45 bits per heavy atom. The summed E-state index contributed by atoms with van der Waals surface area (Å²) < 4.78 is 69.8. The second-order valence-corrected chi connectivity index (χ2v) is 9.32. The molecular formula is C20H27F3N2O5S. The topological polar surface area (TPSA) is 92.8 Å². The van der Waals surface area contributed by atoms with Crippen molar-refractivity contribution in [1.82, 2.24) is 9.62 Å². The van der Waals surface area contributed by atoms with Crippen LogP contribution in [0.1, 0.15) is 44.1 Å². The van der Waals surface area contributed by atoms with Crippen LogP contribution in [0.2, 0.25) is 0 Å². The van der Waals surface area contributed by atoms with Crippen LogP contribution in [0, 0.1) is 5.92 Å². The van der Waals surface area contributed by atoms with Crippen molar-refractivity contribution in [1.29, 1.82) is 0 Å². The second kappa shape index (κ2) is 10.9. The Morgan fingerprint density at radius 1 is 1.16 bits per heavy atom. The Labute approximate surface area is 180 Å². The van der Waals surface area contributed by atoms with Gasteiger partial charge < -0.3 is 10.1 Å². The van der Waals surface area contributed by atoms with Gasteiger partial charge in [-0.2, -0.15) is 17.5 Å². The summed E-state index contributed by atoms with van der Waals surface area (Å²) in [6.07, 6.45) is -1.54. The molecule has 1 amide bonds. The van der Waals surface area contributed by atoms with E-state index in [1.54, 1.807) is 0 Å². The number of nitrogens with zero attached hydrogens (tertiary/aromatic N) is 1. The van der Waals surface area contributed by atoms with Crippen LogP contribution in [-0.4, -0.2) is 51.3 Å². The standard InChI is InChI=1S/C20H27F3N2O5S/c1-30-18(26)8-3-2-4-11-24-19(27)15-9-12-25(13-10-15)31(28,29)17-7-5-6-16(14-17)20(21,22)23/h5-7,14-15H,2-4,8-13H2,1H3,(H,24,27). The molecule has 1 saturated heterocycles. The number of carbonyl (C=O) groups is 2. The number of unbranched alkanes of at least 4 members (excludes halogenated alkanes) is 2. The first kappa shape index (κ1) is 25.1. The fourth-order valence-corrected chi connectivity index (χ4v) is 4.89. The predicted molar refractivity (Wildman–Crippen MR) is 106 cm³/mol. The number of halogens is 3. The number of sulfonamides is 1. The molecule has 0 unspecified atom stereocenters. The van der Waals surface area contributed by atoms with E-state index in [0.29, 0.717) is 44.7 Å². The molecule has 1 aliphatic rings. The minimum atomic E-state index is -4.63. The van der Waals surface area contributed by atoms with Crippen molar-refractivity contribution < 1.29 is 35.9 Å². The molecule has 1 heterocycles. The van der Waals surface area contributed by atoms with Gasteiger partial charge in [0.2, 0.25) is 15.9 Å². The van der Waals surface area contributed by atoms with Gasteiger partial charge >= 0.3 is 12.1 Å². The average molecular weight is 465 g/mol. The van der Waals surface area contributed by atoms with Gasteiger partial charge in [0.1, 0.15) is 0 Å². The summed E-state index contributed by atoms with van der Waals surface area (Å²) in [4.78, 5) is 22.9. The number of rotatable bonds is 9. The Balaban J connectivity index is 1.81. The predicted octanol–water partition coefficient (Wildman–Crippen LogP) is 2.96. The number of alkyl halides is 3. The van der Waals surface area contributed by atoms with Crippen LogP contribution in [0.5, 0.6) is 0 Å². The minimum absolute atomic E-state index is 0.0653. The zero-order valence-corrected chi connectivity index (χ0v) is 18.1. The van der Waals surface area contributed by atoms with Crippen molar-refractivity contribution in [3.63, 3.8) is 0 Å². The molecule has 31 heavy (non-hydrogen) atoms. The second-order valence-electron chi connectivity index (χ2n) is 7.38. The van der Waals surface area contributed by atoms with Gasteiger partial charge in [0.05, 0.1) is 17.6 Å². The van der Waals surface area contributed by atoms with E-state index in [4.69, 9.17) is 0 Å². The highest BCUT2D eigenvalue weighted by Gasteiger charge is 2.35. The van der Waals surface area contributed by atoms with Gasteiger partial charge in [-0.3, -0.25) is 9.59 Å². The number of piperidine rings is 1. The summed E-state index contributed by atoms with van der Waals surface area (Å²) in [5, 5.41) is 2.82. The van der Waals surface area contributed by atoms with Crippen molar-refractivity contribution in [3.8, 4) is 0 Å². The third kappa shape index (κ3) is 7.20. The number of carbonyl (C=O) groups excluding carboxylic acids is 2. The molecule has 0 bridgehead atoms. The Kier molecular flexibility index (Phi) is 8.87. The number of nitrogens with one attached hydrogen (secondary N) is 1. The molecule has 0 atom stereocenters. The van der Waals surface area contributed by atoms with Crippen LogP contribution in [0.25, 0.3) is 0 Å². The maximum absolute atomic E-state index is 12.9. The molecule has 0 aliphatic carbocycles. The zero-order chi connectivity index (χ0) is 23.1. The highest BCUT2D eigenvalue weighted by atomic mass is 32.2. The van der Waals surface area contributed by atoms with Gasteiger partial charge in [0.25, 0.3) is 0 Å². The lowest BCUT2D eigenvalue weighted by Crippen LogP contribution is -2.43. The van der Waals surface area contributed by atoms with Gasteiger partial charge in [0, 0.05) is 32.0 Å². The smallest absolute Gasteiger partial charge is 0.416 e. The van der Waals surface area contributed by atoms with E-state index >= 15 is 0 Å². The normalized spacial score (nSPS) is 16.1.